The summed E-state index contributed by atoms with van der Waals surface area (Å²) in [6, 6.07) is 6.94. The van der Waals surface area contributed by atoms with E-state index in [0.717, 1.165) is 19.3 Å². The van der Waals surface area contributed by atoms with Gasteiger partial charge in [-0.1, -0.05) is 23.2 Å². The number of aromatic nitrogens is 4. The molecular weight excluding hydrogens is 418 g/mol. The highest BCUT2D eigenvalue weighted by atomic mass is 35.5. The van der Waals surface area contributed by atoms with E-state index < -0.39 is 10.0 Å². The number of nitrogens with zero attached hydrogens (tertiary/aromatic N) is 5. The van der Waals surface area contributed by atoms with E-state index in [2.05, 4.69) is 15.1 Å². The van der Waals surface area contributed by atoms with Gasteiger partial charge >= 0.3 is 0 Å². The summed E-state index contributed by atoms with van der Waals surface area (Å²) >= 11 is 5.84. The number of benzene rings is 1. The van der Waals surface area contributed by atoms with Crippen LogP contribution in [0.3, 0.4) is 0 Å². The molecular formula is C18H20ClN5O4S. The van der Waals surface area contributed by atoms with Gasteiger partial charge in [0.15, 0.2) is 17.5 Å². The lowest BCUT2D eigenvalue weighted by molar-refractivity contribution is 0.242. The lowest BCUT2D eigenvalue weighted by Crippen LogP contribution is -2.35. The molecule has 154 valence electrons. The Kier molecular flexibility index (Phi) is 5.84. The average molecular weight is 438 g/mol. The van der Waals surface area contributed by atoms with Crippen molar-refractivity contribution in [3.8, 4) is 5.75 Å². The molecule has 0 saturated carbocycles. The lowest BCUT2D eigenvalue weighted by atomic mass is 10.2. The van der Waals surface area contributed by atoms with Crippen molar-refractivity contribution in [2.75, 3.05) is 13.1 Å². The van der Waals surface area contributed by atoms with Crippen molar-refractivity contribution in [2.45, 2.75) is 37.4 Å². The first kappa shape index (κ1) is 19.9. The molecule has 0 atom stereocenters. The van der Waals surface area contributed by atoms with E-state index in [1.807, 2.05) is 0 Å². The van der Waals surface area contributed by atoms with E-state index in [4.69, 9.17) is 20.9 Å². The van der Waals surface area contributed by atoms with Crippen LogP contribution < -0.4 is 4.74 Å². The van der Waals surface area contributed by atoms with Gasteiger partial charge in [-0.3, -0.25) is 0 Å². The fourth-order valence-electron chi connectivity index (χ4n) is 3.05. The Hall–Kier alpha value is -2.43. The van der Waals surface area contributed by atoms with Crippen molar-refractivity contribution in [3.63, 3.8) is 0 Å². The molecule has 0 radical (unpaired) electrons. The molecule has 0 unspecified atom stereocenters. The Balaban J connectivity index is 1.37. The molecule has 4 rings (SSSR count). The molecule has 1 aliphatic heterocycles. The summed E-state index contributed by atoms with van der Waals surface area (Å²) in [4.78, 5) is 8.32. The summed E-state index contributed by atoms with van der Waals surface area (Å²) in [5.41, 5.74) is 0. The first-order chi connectivity index (χ1) is 14.0. The van der Waals surface area contributed by atoms with Crippen molar-refractivity contribution < 1.29 is 17.7 Å². The van der Waals surface area contributed by atoms with E-state index in [0.29, 0.717) is 35.6 Å². The van der Waals surface area contributed by atoms with Gasteiger partial charge in [-0.15, -0.1) is 0 Å². The summed E-state index contributed by atoms with van der Waals surface area (Å²) in [6.45, 7) is 1.44. The van der Waals surface area contributed by atoms with Crippen LogP contribution in [0.25, 0.3) is 0 Å². The third kappa shape index (κ3) is 4.77. The Bertz CT molecular complexity index is 1060. The van der Waals surface area contributed by atoms with Crippen LogP contribution in [0.2, 0.25) is 5.02 Å². The second-order valence-electron chi connectivity index (χ2n) is 6.70. The van der Waals surface area contributed by atoms with Gasteiger partial charge in [0.05, 0.1) is 12.9 Å². The molecule has 1 aromatic carbocycles. The third-order valence-electron chi connectivity index (χ3n) is 4.54. The van der Waals surface area contributed by atoms with Crippen LogP contribution in [0, 0.1) is 0 Å². The van der Waals surface area contributed by atoms with E-state index in [9.17, 15) is 8.42 Å². The number of hydrogen-bond donors (Lipinski definition) is 0. The fraction of sp³-hybridized carbons (Fsp3) is 0.389. The van der Waals surface area contributed by atoms with Gasteiger partial charge in [0, 0.05) is 24.3 Å². The van der Waals surface area contributed by atoms with Gasteiger partial charge in [0.1, 0.15) is 5.75 Å². The second kappa shape index (κ2) is 8.52. The summed E-state index contributed by atoms with van der Waals surface area (Å²) in [6.07, 6.45) is 5.76. The summed E-state index contributed by atoms with van der Waals surface area (Å²) < 4.78 is 39.2. The average Bonchev–Trinajstić information content (AvgIpc) is 3.39. The van der Waals surface area contributed by atoms with Gasteiger partial charge in [0.25, 0.3) is 15.9 Å². The molecule has 1 fully saturated rings. The zero-order chi connectivity index (χ0) is 20.3. The van der Waals surface area contributed by atoms with Crippen LogP contribution in [0.1, 0.15) is 31.0 Å². The van der Waals surface area contributed by atoms with E-state index in [1.165, 1.54) is 16.8 Å². The Morgan fingerprint density at radius 1 is 1.14 bits per heavy atom. The molecule has 0 aliphatic carbocycles. The van der Waals surface area contributed by atoms with Crippen LogP contribution in [0.15, 0.2) is 46.3 Å². The normalized spacial score (nSPS) is 15.5. The first-order valence-corrected chi connectivity index (χ1v) is 11.0. The topological polar surface area (TPSA) is 103 Å². The molecule has 9 nitrogen and oxygen atoms in total. The fourth-order valence-corrected chi connectivity index (χ4v) is 4.63. The molecule has 11 heteroatoms. The van der Waals surface area contributed by atoms with Crippen LogP contribution in [-0.4, -0.2) is 45.5 Å². The molecule has 0 amide bonds. The Morgan fingerprint density at radius 3 is 2.66 bits per heavy atom. The zero-order valence-electron chi connectivity index (χ0n) is 15.6. The van der Waals surface area contributed by atoms with E-state index >= 15 is 0 Å². The molecule has 3 aromatic rings. The molecule has 0 N–H and O–H groups in total. The molecule has 29 heavy (non-hydrogen) atoms. The van der Waals surface area contributed by atoms with Gasteiger partial charge in [-0.25, -0.2) is 13.4 Å². The van der Waals surface area contributed by atoms with Crippen molar-refractivity contribution in [1.82, 2.24) is 24.0 Å². The minimum absolute atomic E-state index is 0.0363. The molecule has 0 spiro atoms. The predicted molar refractivity (Wildman–Crippen MR) is 104 cm³/mol. The molecule has 0 bridgehead atoms. The van der Waals surface area contributed by atoms with Crippen molar-refractivity contribution in [1.29, 1.82) is 0 Å². The Labute approximate surface area is 173 Å². The van der Waals surface area contributed by atoms with Gasteiger partial charge < -0.3 is 13.8 Å². The second-order valence-corrected chi connectivity index (χ2v) is 9.02. The molecule has 1 saturated heterocycles. The largest absolute Gasteiger partial charge is 0.484 e. The number of ether oxygens (including phenoxy) is 1. The smallest absolute Gasteiger partial charge is 0.264 e. The number of rotatable bonds is 7. The monoisotopic (exact) mass is 437 g/mol. The number of halogens is 1. The van der Waals surface area contributed by atoms with Crippen molar-refractivity contribution in [2.24, 2.45) is 0 Å². The highest BCUT2D eigenvalue weighted by Crippen LogP contribution is 2.19. The van der Waals surface area contributed by atoms with Gasteiger partial charge in [-0.05, 0) is 37.1 Å². The summed E-state index contributed by atoms with van der Waals surface area (Å²) in [5.74, 6) is 1.35. The number of hydrogen-bond acceptors (Lipinski definition) is 7. The number of sulfonamides is 1. The number of imidazole rings is 1. The quantitative estimate of drug-likeness (QED) is 0.559. The van der Waals surface area contributed by atoms with E-state index in [1.54, 1.807) is 28.8 Å². The predicted octanol–water partition coefficient (Wildman–Crippen LogP) is 2.72. The van der Waals surface area contributed by atoms with Crippen LogP contribution >= 0.6 is 11.6 Å². The SMILES string of the molecule is O=S(=O)(c1cn(Cc2noc(COc3ccc(Cl)cc3)n2)cn1)N1CCCCC1. The maximum absolute atomic E-state index is 12.7. The minimum Gasteiger partial charge on any atom is -0.484 e. The van der Waals surface area contributed by atoms with Crippen LogP contribution in [0.5, 0.6) is 5.75 Å². The third-order valence-corrected chi connectivity index (χ3v) is 6.58. The standard InChI is InChI=1S/C18H20ClN5O4S/c19-14-4-6-15(7-5-14)27-12-17-21-16(22-28-17)10-23-11-18(20-13-23)29(25,26)24-8-2-1-3-9-24/h4-7,11,13H,1-3,8-10,12H2. The molecule has 3 heterocycles. The van der Waals surface area contributed by atoms with Crippen molar-refractivity contribution >= 4 is 21.6 Å². The Morgan fingerprint density at radius 2 is 1.90 bits per heavy atom. The van der Waals surface area contributed by atoms with E-state index in [-0.39, 0.29) is 18.2 Å². The molecule has 1 aliphatic rings. The maximum Gasteiger partial charge on any atom is 0.264 e. The van der Waals surface area contributed by atoms with Gasteiger partial charge in [-0.2, -0.15) is 9.29 Å². The first-order valence-electron chi connectivity index (χ1n) is 9.22. The summed E-state index contributed by atoms with van der Waals surface area (Å²) in [7, 11) is -3.56. The minimum atomic E-state index is -3.56. The van der Waals surface area contributed by atoms with Crippen LogP contribution in [0.4, 0.5) is 0 Å². The highest BCUT2D eigenvalue weighted by molar-refractivity contribution is 7.89. The maximum atomic E-state index is 12.7. The highest BCUT2D eigenvalue weighted by Gasteiger charge is 2.28. The van der Waals surface area contributed by atoms with Crippen LogP contribution in [-0.2, 0) is 23.2 Å². The molecule has 2 aromatic heterocycles. The lowest BCUT2D eigenvalue weighted by Gasteiger charge is -2.24. The summed E-state index contributed by atoms with van der Waals surface area (Å²) in [5, 5.41) is 4.56. The zero-order valence-corrected chi connectivity index (χ0v) is 17.1. The van der Waals surface area contributed by atoms with Crippen molar-refractivity contribution in [3.05, 3.63) is 53.5 Å². The number of piperidine rings is 1. The van der Waals surface area contributed by atoms with Gasteiger partial charge in [0.2, 0.25) is 0 Å².